The van der Waals surface area contributed by atoms with E-state index in [4.69, 9.17) is 5.84 Å². The van der Waals surface area contributed by atoms with E-state index in [0.29, 0.717) is 6.04 Å². The van der Waals surface area contributed by atoms with Crippen molar-refractivity contribution in [3.63, 3.8) is 0 Å². The maximum absolute atomic E-state index is 5.64. The molecule has 94 valence electrons. The summed E-state index contributed by atoms with van der Waals surface area (Å²) in [5, 5.41) is 0.877. The number of nitrogens with two attached hydrogens (primary N) is 1. The van der Waals surface area contributed by atoms with Crippen LogP contribution in [0.15, 0.2) is 30.3 Å². The second-order valence-electron chi connectivity index (χ2n) is 4.79. The van der Waals surface area contributed by atoms with E-state index in [2.05, 4.69) is 47.5 Å². The maximum atomic E-state index is 5.64. The molecule has 1 atom stereocenters. The predicted molar refractivity (Wildman–Crippen MR) is 76.0 cm³/mol. The molecule has 1 aliphatic carbocycles. The third kappa shape index (κ3) is 4.34. The van der Waals surface area contributed by atoms with Crippen LogP contribution in [-0.2, 0) is 6.42 Å². The maximum Gasteiger partial charge on any atom is 0.0341 e. The Labute approximate surface area is 108 Å². The molecule has 1 aromatic rings. The number of nitrogens with one attached hydrogen (secondary N) is 1. The van der Waals surface area contributed by atoms with Gasteiger partial charge in [0.25, 0.3) is 0 Å². The van der Waals surface area contributed by atoms with Crippen molar-refractivity contribution in [3.05, 3.63) is 35.9 Å². The normalized spacial score (nSPS) is 18.4. The smallest absolute Gasteiger partial charge is 0.0341 e. The molecular formula is C14H22N2S. The van der Waals surface area contributed by atoms with Crippen molar-refractivity contribution in [2.45, 2.75) is 43.4 Å². The molecule has 1 fully saturated rings. The lowest BCUT2D eigenvalue weighted by Gasteiger charge is -2.18. The van der Waals surface area contributed by atoms with E-state index in [9.17, 15) is 0 Å². The molecule has 3 heteroatoms. The van der Waals surface area contributed by atoms with E-state index in [1.54, 1.807) is 0 Å². The number of benzene rings is 1. The van der Waals surface area contributed by atoms with Crippen LogP contribution >= 0.6 is 11.8 Å². The van der Waals surface area contributed by atoms with Gasteiger partial charge in [-0.1, -0.05) is 43.2 Å². The van der Waals surface area contributed by atoms with Gasteiger partial charge in [0.15, 0.2) is 0 Å². The first-order valence-corrected chi connectivity index (χ1v) is 7.55. The molecule has 0 heterocycles. The molecule has 0 amide bonds. The van der Waals surface area contributed by atoms with Gasteiger partial charge in [-0.3, -0.25) is 11.3 Å². The van der Waals surface area contributed by atoms with Crippen molar-refractivity contribution in [1.82, 2.24) is 5.43 Å². The third-order valence-electron chi connectivity index (χ3n) is 3.40. The zero-order valence-electron chi connectivity index (χ0n) is 10.3. The minimum atomic E-state index is 0.392. The van der Waals surface area contributed by atoms with E-state index >= 15 is 0 Å². The highest BCUT2D eigenvalue weighted by molar-refractivity contribution is 7.99. The molecule has 1 aromatic carbocycles. The van der Waals surface area contributed by atoms with Crippen LogP contribution in [0.2, 0.25) is 0 Å². The summed E-state index contributed by atoms with van der Waals surface area (Å²) in [4.78, 5) is 0. The average Bonchev–Trinajstić information content (AvgIpc) is 2.89. The van der Waals surface area contributed by atoms with Gasteiger partial charge in [0.1, 0.15) is 0 Å². The Morgan fingerprint density at radius 2 is 1.94 bits per heavy atom. The number of hydrazine groups is 1. The van der Waals surface area contributed by atoms with E-state index in [1.165, 1.54) is 31.2 Å². The van der Waals surface area contributed by atoms with E-state index in [1.807, 2.05) is 0 Å². The van der Waals surface area contributed by atoms with Gasteiger partial charge in [-0.15, -0.1) is 0 Å². The largest absolute Gasteiger partial charge is 0.271 e. The van der Waals surface area contributed by atoms with E-state index < -0.39 is 0 Å². The van der Waals surface area contributed by atoms with Crippen LogP contribution in [0, 0.1) is 0 Å². The molecule has 1 saturated carbocycles. The second kappa shape index (κ2) is 7.04. The second-order valence-corrected chi connectivity index (χ2v) is 6.13. The van der Waals surface area contributed by atoms with Gasteiger partial charge in [-0.25, -0.2) is 0 Å². The van der Waals surface area contributed by atoms with Crippen molar-refractivity contribution in [2.75, 3.05) is 5.75 Å². The summed E-state index contributed by atoms with van der Waals surface area (Å²) in [5.74, 6) is 6.76. The molecule has 3 N–H and O–H groups in total. The van der Waals surface area contributed by atoms with Gasteiger partial charge in [-0.05, 0) is 24.8 Å². The van der Waals surface area contributed by atoms with Crippen LogP contribution in [0.4, 0.5) is 0 Å². The molecule has 2 rings (SSSR count). The van der Waals surface area contributed by atoms with Crippen LogP contribution < -0.4 is 11.3 Å². The van der Waals surface area contributed by atoms with Crippen LogP contribution in [0.1, 0.15) is 31.2 Å². The first-order chi connectivity index (χ1) is 8.38. The molecule has 0 aromatic heterocycles. The summed E-state index contributed by atoms with van der Waals surface area (Å²) in [5.41, 5.74) is 4.32. The van der Waals surface area contributed by atoms with Crippen molar-refractivity contribution < 1.29 is 0 Å². The van der Waals surface area contributed by atoms with E-state index in [-0.39, 0.29) is 0 Å². The molecule has 0 radical (unpaired) electrons. The van der Waals surface area contributed by atoms with Crippen LogP contribution in [0.3, 0.4) is 0 Å². The van der Waals surface area contributed by atoms with Crippen LogP contribution in [-0.4, -0.2) is 17.0 Å². The predicted octanol–water partition coefficient (Wildman–Crippen LogP) is 2.74. The van der Waals surface area contributed by atoms with Crippen molar-refractivity contribution in [2.24, 2.45) is 5.84 Å². The zero-order chi connectivity index (χ0) is 11.9. The highest BCUT2D eigenvalue weighted by Crippen LogP contribution is 2.29. The summed E-state index contributed by atoms with van der Waals surface area (Å²) in [6.45, 7) is 0. The van der Waals surface area contributed by atoms with E-state index in [0.717, 1.165) is 17.4 Å². The first-order valence-electron chi connectivity index (χ1n) is 6.50. The fraction of sp³-hybridized carbons (Fsp3) is 0.571. The summed E-state index contributed by atoms with van der Waals surface area (Å²) < 4.78 is 0. The monoisotopic (exact) mass is 250 g/mol. The first kappa shape index (κ1) is 12.9. The standard InChI is InChI=1S/C14H22N2S/c15-16-13(10-12-6-2-1-3-7-12)11-17-14-8-4-5-9-14/h1-3,6-7,13-14,16H,4-5,8-11,15H2. The molecule has 1 aliphatic rings. The van der Waals surface area contributed by atoms with Gasteiger partial charge in [-0.2, -0.15) is 11.8 Å². The number of hydrogen-bond donors (Lipinski definition) is 2. The number of thioether (sulfide) groups is 1. The summed E-state index contributed by atoms with van der Waals surface area (Å²) >= 11 is 2.09. The Morgan fingerprint density at radius 1 is 1.24 bits per heavy atom. The SMILES string of the molecule is NNC(CSC1CCCC1)Cc1ccccc1. The van der Waals surface area contributed by atoms with Gasteiger partial charge < -0.3 is 0 Å². The quantitative estimate of drug-likeness (QED) is 0.602. The molecular weight excluding hydrogens is 228 g/mol. The molecule has 0 aliphatic heterocycles. The lowest BCUT2D eigenvalue weighted by Crippen LogP contribution is -2.39. The third-order valence-corrected chi connectivity index (χ3v) is 4.93. The summed E-state index contributed by atoms with van der Waals surface area (Å²) in [6.07, 6.45) is 6.64. The summed E-state index contributed by atoms with van der Waals surface area (Å²) in [7, 11) is 0. The Kier molecular flexibility index (Phi) is 5.36. The van der Waals surface area contributed by atoms with Crippen molar-refractivity contribution in [3.8, 4) is 0 Å². The summed E-state index contributed by atoms with van der Waals surface area (Å²) in [6, 6.07) is 11.0. The Morgan fingerprint density at radius 3 is 2.59 bits per heavy atom. The highest BCUT2D eigenvalue weighted by Gasteiger charge is 2.17. The average molecular weight is 250 g/mol. The molecule has 0 saturated heterocycles. The fourth-order valence-corrected chi connectivity index (χ4v) is 3.76. The number of hydrogen-bond acceptors (Lipinski definition) is 3. The lowest BCUT2D eigenvalue weighted by atomic mass is 10.1. The fourth-order valence-electron chi connectivity index (χ4n) is 2.37. The molecule has 2 nitrogen and oxygen atoms in total. The number of rotatable bonds is 6. The molecule has 0 bridgehead atoms. The molecule has 1 unspecified atom stereocenters. The molecule has 17 heavy (non-hydrogen) atoms. The lowest BCUT2D eigenvalue weighted by molar-refractivity contribution is 0.574. The minimum absolute atomic E-state index is 0.392. The van der Waals surface area contributed by atoms with Crippen LogP contribution in [0.5, 0.6) is 0 Å². The van der Waals surface area contributed by atoms with Gasteiger partial charge in [0.2, 0.25) is 0 Å². The van der Waals surface area contributed by atoms with Gasteiger partial charge in [0, 0.05) is 17.0 Å². The van der Waals surface area contributed by atoms with Crippen LogP contribution in [0.25, 0.3) is 0 Å². The topological polar surface area (TPSA) is 38.0 Å². The van der Waals surface area contributed by atoms with Crippen molar-refractivity contribution in [1.29, 1.82) is 0 Å². The Hall–Kier alpha value is -0.510. The minimum Gasteiger partial charge on any atom is -0.271 e. The van der Waals surface area contributed by atoms with Gasteiger partial charge in [0.05, 0.1) is 0 Å². The zero-order valence-corrected chi connectivity index (χ0v) is 11.1. The molecule has 0 spiro atoms. The van der Waals surface area contributed by atoms with Gasteiger partial charge >= 0.3 is 0 Å². The Balaban J connectivity index is 1.76. The van der Waals surface area contributed by atoms with Crippen molar-refractivity contribution >= 4 is 11.8 Å². The highest BCUT2D eigenvalue weighted by atomic mass is 32.2. The Bertz CT molecular complexity index is 309.